The Bertz CT molecular complexity index is 552. The third kappa shape index (κ3) is 4.10. The summed E-state index contributed by atoms with van der Waals surface area (Å²) in [6.45, 7) is 2.15. The van der Waals surface area contributed by atoms with E-state index < -0.39 is 0 Å². The van der Waals surface area contributed by atoms with Gasteiger partial charge in [-0.3, -0.25) is 4.79 Å². The zero-order chi connectivity index (χ0) is 14.4. The predicted octanol–water partition coefficient (Wildman–Crippen LogP) is 2.61. The number of hydrogen-bond acceptors (Lipinski definition) is 3. The Morgan fingerprint density at radius 1 is 1.10 bits per heavy atom. The van der Waals surface area contributed by atoms with E-state index >= 15 is 0 Å². The second kappa shape index (κ2) is 6.73. The standard InChI is InChI=1S/C16H18N2O2/c1-12(18-11-16(17)19)13-7-9-15(10-8-13)20-14-5-3-2-4-6-14/h2-10,12,18H,11H2,1H3,(H2,17,19)/t12-/m0/s1. The Hall–Kier alpha value is -2.33. The molecular weight excluding hydrogens is 252 g/mol. The molecule has 1 amide bonds. The number of primary amides is 1. The van der Waals surface area contributed by atoms with Crippen LogP contribution in [0.4, 0.5) is 0 Å². The zero-order valence-corrected chi connectivity index (χ0v) is 11.4. The molecule has 0 bridgehead atoms. The molecule has 2 rings (SSSR count). The lowest BCUT2D eigenvalue weighted by atomic mass is 10.1. The summed E-state index contributed by atoms with van der Waals surface area (Å²) in [5.74, 6) is 1.23. The SMILES string of the molecule is C[C@H](NCC(N)=O)c1ccc(Oc2ccccc2)cc1. The van der Waals surface area contributed by atoms with Crippen molar-refractivity contribution in [2.45, 2.75) is 13.0 Å². The normalized spacial score (nSPS) is 11.8. The van der Waals surface area contributed by atoms with Crippen LogP contribution in [0.3, 0.4) is 0 Å². The number of rotatable bonds is 6. The highest BCUT2D eigenvalue weighted by Crippen LogP contribution is 2.22. The lowest BCUT2D eigenvalue weighted by Crippen LogP contribution is -2.30. The average molecular weight is 270 g/mol. The fourth-order valence-corrected chi connectivity index (χ4v) is 1.82. The second-order valence-corrected chi connectivity index (χ2v) is 4.55. The van der Waals surface area contributed by atoms with Gasteiger partial charge >= 0.3 is 0 Å². The highest BCUT2D eigenvalue weighted by Gasteiger charge is 2.06. The highest BCUT2D eigenvalue weighted by atomic mass is 16.5. The first-order valence-electron chi connectivity index (χ1n) is 6.49. The summed E-state index contributed by atoms with van der Waals surface area (Å²) in [5.41, 5.74) is 6.18. The van der Waals surface area contributed by atoms with Crippen molar-refractivity contribution in [3.63, 3.8) is 0 Å². The summed E-state index contributed by atoms with van der Waals surface area (Å²) < 4.78 is 5.72. The van der Waals surface area contributed by atoms with Crippen molar-refractivity contribution >= 4 is 5.91 Å². The van der Waals surface area contributed by atoms with Crippen LogP contribution in [0.2, 0.25) is 0 Å². The van der Waals surface area contributed by atoms with Crippen molar-refractivity contribution in [3.8, 4) is 11.5 Å². The quantitative estimate of drug-likeness (QED) is 0.848. The van der Waals surface area contributed by atoms with Crippen LogP contribution in [0.5, 0.6) is 11.5 Å². The second-order valence-electron chi connectivity index (χ2n) is 4.55. The molecule has 3 N–H and O–H groups in total. The summed E-state index contributed by atoms with van der Waals surface area (Å²) in [7, 11) is 0. The average Bonchev–Trinajstić information content (AvgIpc) is 2.46. The number of nitrogens with two attached hydrogens (primary N) is 1. The fourth-order valence-electron chi connectivity index (χ4n) is 1.82. The minimum Gasteiger partial charge on any atom is -0.457 e. The monoisotopic (exact) mass is 270 g/mol. The molecule has 0 aliphatic rings. The van der Waals surface area contributed by atoms with E-state index in [-0.39, 0.29) is 18.5 Å². The van der Waals surface area contributed by atoms with Crippen LogP contribution in [0.1, 0.15) is 18.5 Å². The van der Waals surface area contributed by atoms with Crippen molar-refractivity contribution in [1.29, 1.82) is 0 Å². The molecule has 4 nitrogen and oxygen atoms in total. The van der Waals surface area contributed by atoms with E-state index in [2.05, 4.69) is 5.32 Å². The van der Waals surface area contributed by atoms with E-state index in [1.165, 1.54) is 0 Å². The van der Waals surface area contributed by atoms with Crippen molar-refractivity contribution in [2.24, 2.45) is 5.73 Å². The van der Waals surface area contributed by atoms with Gasteiger partial charge in [0.05, 0.1) is 6.54 Å². The third-order valence-corrected chi connectivity index (χ3v) is 2.94. The Morgan fingerprint density at radius 3 is 2.30 bits per heavy atom. The van der Waals surface area contributed by atoms with E-state index in [1.807, 2.05) is 61.5 Å². The Morgan fingerprint density at radius 2 is 1.70 bits per heavy atom. The molecule has 1 atom stereocenters. The molecule has 0 radical (unpaired) electrons. The van der Waals surface area contributed by atoms with Crippen LogP contribution in [0.25, 0.3) is 0 Å². The van der Waals surface area contributed by atoms with Crippen LogP contribution in [0, 0.1) is 0 Å². The molecule has 2 aromatic rings. The zero-order valence-electron chi connectivity index (χ0n) is 11.4. The molecule has 0 aromatic heterocycles. The maximum absolute atomic E-state index is 10.7. The van der Waals surface area contributed by atoms with Gasteiger partial charge in [0.15, 0.2) is 0 Å². The van der Waals surface area contributed by atoms with Crippen molar-refractivity contribution in [3.05, 3.63) is 60.2 Å². The van der Waals surface area contributed by atoms with Gasteiger partial charge in [0.1, 0.15) is 11.5 Å². The third-order valence-electron chi connectivity index (χ3n) is 2.94. The molecular formula is C16H18N2O2. The number of benzene rings is 2. The Labute approximate surface area is 118 Å². The number of para-hydroxylation sites is 1. The largest absolute Gasteiger partial charge is 0.457 e. The molecule has 0 aliphatic heterocycles. The number of nitrogens with one attached hydrogen (secondary N) is 1. The molecule has 0 spiro atoms. The van der Waals surface area contributed by atoms with Crippen molar-refractivity contribution < 1.29 is 9.53 Å². The van der Waals surface area contributed by atoms with Gasteiger partial charge < -0.3 is 15.8 Å². The molecule has 0 unspecified atom stereocenters. The molecule has 0 saturated heterocycles. The minimum atomic E-state index is -0.360. The number of amides is 1. The number of carbonyl (C=O) groups is 1. The topological polar surface area (TPSA) is 64.3 Å². The van der Waals surface area contributed by atoms with Crippen LogP contribution < -0.4 is 15.8 Å². The molecule has 0 saturated carbocycles. The van der Waals surface area contributed by atoms with Gasteiger partial charge in [0, 0.05) is 6.04 Å². The number of carbonyl (C=O) groups excluding carboxylic acids is 1. The minimum absolute atomic E-state index is 0.0632. The Balaban J connectivity index is 1.97. The predicted molar refractivity (Wildman–Crippen MR) is 78.6 cm³/mol. The summed E-state index contributed by atoms with van der Waals surface area (Å²) in [6, 6.07) is 17.4. The number of hydrogen-bond donors (Lipinski definition) is 2. The summed E-state index contributed by atoms with van der Waals surface area (Å²) in [5, 5.41) is 3.05. The van der Waals surface area contributed by atoms with Crippen LogP contribution in [-0.2, 0) is 4.79 Å². The van der Waals surface area contributed by atoms with E-state index in [9.17, 15) is 4.79 Å². The van der Waals surface area contributed by atoms with Crippen LogP contribution >= 0.6 is 0 Å². The smallest absolute Gasteiger partial charge is 0.231 e. The van der Waals surface area contributed by atoms with Crippen molar-refractivity contribution in [1.82, 2.24) is 5.32 Å². The molecule has 4 heteroatoms. The van der Waals surface area contributed by atoms with Gasteiger partial charge in [-0.1, -0.05) is 30.3 Å². The van der Waals surface area contributed by atoms with Crippen LogP contribution in [-0.4, -0.2) is 12.5 Å². The first kappa shape index (κ1) is 14.1. The van der Waals surface area contributed by atoms with Gasteiger partial charge in [-0.15, -0.1) is 0 Å². The van der Waals surface area contributed by atoms with Gasteiger partial charge in [-0.25, -0.2) is 0 Å². The number of ether oxygens (including phenoxy) is 1. The lowest BCUT2D eigenvalue weighted by Gasteiger charge is -2.13. The maximum atomic E-state index is 10.7. The van der Waals surface area contributed by atoms with E-state index in [1.54, 1.807) is 0 Å². The highest BCUT2D eigenvalue weighted by molar-refractivity contribution is 5.75. The molecule has 104 valence electrons. The molecule has 20 heavy (non-hydrogen) atoms. The first-order valence-corrected chi connectivity index (χ1v) is 6.49. The van der Waals surface area contributed by atoms with Gasteiger partial charge in [0.2, 0.25) is 5.91 Å². The molecule has 0 fully saturated rings. The summed E-state index contributed by atoms with van der Waals surface area (Å²) in [6.07, 6.45) is 0. The molecule has 2 aromatic carbocycles. The van der Waals surface area contributed by atoms with Gasteiger partial charge in [0.25, 0.3) is 0 Å². The maximum Gasteiger partial charge on any atom is 0.231 e. The van der Waals surface area contributed by atoms with Gasteiger partial charge in [-0.05, 0) is 36.8 Å². The van der Waals surface area contributed by atoms with Crippen molar-refractivity contribution in [2.75, 3.05) is 6.54 Å². The van der Waals surface area contributed by atoms with E-state index in [0.717, 1.165) is 17.1 Å². The fraction of sp³-hybridized carbons (Fsp3) is 0.188. The lowest BCUT2D eigenvalue weighted by molar-refractivity contribution is -0.117. The molecule has 0 aliphatic carbocycles. The summed E-state index contributed by atoms with van der Waals surface area (Å²) in [4.78, 5) is 10.7. The van der Waals surface area contributed by atoms with Crippen LogP contribution in [0.15, 0.2) is 54.6 Å². The van der Waals surface area contributed by atoms with Gasteiger partial charge in [-0.2, -0.15) is 0 Å². The molecule has 0 heterocycles. The Kier molecular flexibility index (Phi) is 4.74. The van der Waals surface area contributed by atoms with E-state index in [4.69, 9.17) is 10.5 Å². The van der Waals surface area contributed by atoms with E-state index in [0.29, 0.717) is 0 Å². The summed E-state index contributed by atoms with van der Waals surface area (Å²) >= 11 is 0. The first-order chi connectivity index (χ1) is 9.65.